The van der Waals surface area contributed by atoms with Gasteiger partial charge >= 0.3 is 0 Å². The van der Waals surface area contributed by atoms with Gasteiger partial charge in [0.1, 0.15) is 5.75 Å². The van der Waals surface area contributed by atoms with Crippen LogP contribution in [-0.4, -0.2) is 46.5 Å². The maximum absolute atomic E-state index is 13.0. The Morgan fingerprint density at radius 1 is 0.941 bits per heavy atom. The minimum absolute atomic E-state index is 0.00891. The molecule has 178 valence electrons. The van der Waals surface area contributed by atoms with E-state index in [1.165, 1.54) is 36.2 Å². The van der Waals surface area contributed by atoms with Gasteiger partial charge in [-0.15, -0.1) is 0 Å². The molecule has 0 unspecified atom stereocenters. The normalized spacial score (nSPS) is 14.6. The van der Waals surface area contributed by atoms with Crippen LogP contribution in [0.3, 0.4) is 0 Å². The molecule has 0 bridgehead atoms. The molecule has 0 spiro atoms. The average molecular weight is 479 g/mol. The topological polar surface area (TPSA) is 66.9 Å². The van der Waals surface area contributed by atoms with E-state index < -0.39 is 10.0 Å². The van der Waals surface area contributed by atoms with Gasteiger partial charge in [0.25, 0.3) is 15.9 Å². The lowest BCUT2D eigenvalue weighted by Crippen LogP contribution is -2.38. The van der Waals surface area contributed by atoms with Crippen LogP contribution < -0.4 is 9.04 Å². The molecule has 0 atom stereocenters. The first kappa shape index (κ1) is 23.8. The molecule has 0 aromatic heterocycles. The van der Waals surface area contributed by atoms with Crippen LogP contribution in [0.5, 0.6) is 5.75 Å². The molecule has 3 aromatic carbocycles. The Kier molecular flexibility index (Phi) is 7.22. The molecule has 1 saturated heterocycles. The van der Waals surface area contributed by atoms with E-state index in [0.717, 1.165) is 32.4 Å². The minimum Gasteiger partial charge on any atom is -0.497 e. The van der Waals surface area contributed by atoms with Crippen molar-refractivity contribution in [3.05, 3.63) is 90.0 Å². The third kappa shape index (κ3) is 5.25. The molecule has 1 heterocycles. The summed E-state index contributed by atoms with van der Waals surface area (Å²) in [6.45, 7) is 1.48. The molecule has 4 rings (SSSR count). The molecule has 0 saturated carbocycles. The van der Waals surface area contributed by atoms with Gasteiger partial charge in [-0.2, -0.15) is 0 Å². The number of hydrogen-bond donors (Lipinski definition) is 0. The Bertz CT molecular complexity index is 1200. The monoisotopic (exact) mass is 478 g/mol. The summed E-state index contributed by atoms with van der Waals surface area (Å²) in [7, 11) is -0.679. The van der Waals surface area contributed by atoms with E-state index >= 15 is 0 Å². The number of hydrogen-bond acceptors (Lipinski definition) is 4. The fraction of sp³-hybridized carbons (Fsp3) is 0.296. The van der Waals surface area contributed by atoms with Crippen LogP contribution in [0.1, 0.15) is 28.8 Å². The van der Waals surface area contributed by atoms with Gasteiger partial charge in [-0.3, -0.25) is 9.10 Å². The SMILES string of the molecule is COc1ccc(S(=O)(=O)N(C)c2ccc(C(=O)N3CCC(Cc4ccccc4)CC3)cc2)cc1. The first-order valence-electron chi connectivity index (χ1n) is 11.4. The van der Waals surface area contributed by atoms with Crippen LogP contribution in [0.2, 0.25) is 0 Å². The number of piperidine rings is 1. The Labute approximate surface area is 201 Å². The Morgan fingerprint density at radius 3 is 2.15 bits per heavy atom. The molecule has 1 aliphatic rings. The highest BCUT2D eigenvalue weighted by atomic mass is 32.2. The number of carbonyl (C=O) groups excluding carboxylic acids is 1. The van der Waals surface area contributed by atoms with Crippen LogP contribution in [0.15, 0.2) is 83.8 Å². The van der Waals surface area contributed by atoms with E-state index in [1.807, 2.05) is 11.0 Å². The van der Waals surface area contributed by atoms with Crippen molar-refractivity contribution in [1.82, 2.24) is 4.90 Å². The Hall–Kier alpha value is -3.32. The smallest absolute Gasteiger partial charge is 0.264 e. The lowest BCUT2D eigenvalue weighted by atomic mass is 9.90. The summed E-state index contributed by atoms with van der Waals surface area (Å²) >= 11 is 0. The number of benzene rings is 3. The molecule has 1 amide bonds. The average Bonchev–Trinajstić information content (AvgIpc) is 2.89. The van der Waals surface area contributed by atoms with Crippen LogP contribution in [-0.2, 0) is 16.4 Å². The van der Waals surface area contributed by atoms with Gasteiger partial charge in [0.2, 0.25) is 0 Å². The third-order valence-electron chi connectivity index (χ3n) is 6.46. The molecule has 0 N–H and O–H groups in total. The van der Waals surface area contributed by atoms with E-state index in [2.05, 4.69) is 24.3 Å². The highest BCUT2D eigenvalue weighted by Crippen LogP contribution is 2.26. The van der Waals surface area contributed by atoms with E-state index in [4.69, 9.17) is 4.74 Å². The van der Waals surface area contributed by atoms with Gasteiger partial charge in [-0.1, -0.05) is 30.3 Å². The molecule has 0 aliphatic carbocycles. The van der Waals surface area contributed by atoms with Crippen LogP contribution in [0.4, 0.5) is 5.69 Å². The number of ether oxygens (including phenoxy) is 1. The molecule has 1 aliphatic heterocycles. The van der Waals surface area contributed by atoms with E-state index in [-0.39, 0.29) is 10.8 Å². The summed E-state index contributed by atoms with van der Waals surface area (Å²) < 4.78 is 32.3. The highest BCUT2D eigenvalue weighted by Gasteiger charge is 2.25. The summed E-state index contributed by atoms with van der Waals surface area (Å²) in [5.74, 6) is 1.17. The molecule has 0 radical (unpaired) electrons. The second-order valence-electron chi connectivity index (χ2n) is 8.62. The molecule has 1 fully saturated rings. The summed E-state index contributed by atoms with van der Waals surface area (Å²) in [6, 6.07) is 23.5. The lowest BCUT2D eigenvalue weighted by molar-refractivity contribution is 0.0690. The Morgan fingerprint density at radius 2 is 1.56 bits per heavy atom. The second kappa shape index (κ2) is 10.3. The van der Waals surface area contributed by atoms with Gasteiger partial charge < -0.3 is 9.64 Å². The highest BCUT2D eigenvalue weighted by molar-refractivity contribution is 7.92. The van der Waals surface area contributed by atoms with Gasteiger partial charge in [0, 0.05) is 25.7 Å². The van der Waals surface area contributed by atoms with Crippen molar-refractivity contribution in [2.45, 2.75) is 24.2 Å². The standard InChI is InChI=1S/C27H30N2O4S/c1-28(34(31,32)26-14-12-25(33-2)13-15-26)24-10-8-23(9-11-24)27(30)29-18-16-22(17-19-29)20-21-6-4-3-5-7-21/h3-15,22H,16-20H2,1-2H3. The minimum atomic E-state index is -3.72. The van der Waals surface area contributed by atoms with Gasteiger partial charge in [-0.25, -0.2) is 8.42 Å². The fourth-order valence-electron chi connectivity index (χ4n) is 4.33. The van der Waals surface area contributed by atoms with Crippen molar-refractivity contribution in [2.75, 3.05) is 31.6 Å². The quantitative estimate of drug-likeness (QED) is 0.497. The molecule has 7 heteroatoms. The lowest BCUT2D eigenvalue weighted by Gasteiger charge is -2.32. The number of anilines is 1. The number of carbonyl (C=O) groups is 1. The van der Waals surface area contributed by atoms with Crippen LogP contribution in [0, 0.1) is 5.92 Å². The number of likely N-dealkylation sites (tertiary alicyclic amines) is 1. The van der Waals surface area contributed by atoms with E-state index in [9.17, 15) is 13.2 Å². The molecule has 3 aromatic rings. The van der Waals surface area contributed by atoms with Crippen LogP contribution >= 0.6 is 0 Å². The summed E-state index contributed by atoms with van der Waals surface area (Å²) in [5.41, 5.74) is 2.41. The van der Waals surface area contributed by atoms with Gasteiger partial charge in [0.15, 0.2) is 0 Å². The summed E-state index contributed by atoms with van der Waals surface area (Å²) in [6.07, 6.45) is 3.02. The van der Waals surface area contributed by atoms with Crippen molar-refractivity contribution in [3.63, 3.8) is 0 Å². The summed E-state index contributed by atoms with van der Waals surface area (Å²) in [5, 5.41) is 0. The number of amides is 1. The van der Waals surface area contributed by atoms with Crippen LogP contribution in [0.25, 0.3) is 0 Å². The van der Waals surface area contributed by atoms with Gasteiger partial charge in [0.05, 0.1) is 17.7 Å². The van der Waals surface area contributed by atoms with E-state index in [0.29, 0.717) is 22.9 Å². The van der Waals surface area contributed by atoms with E-state index in [1.54, 1.807) is 36.4 Å². The molecule has 34 heavy (non-hydrogen) atoms. The number of rotatable bonds is 7. The number of sulfonamides is 1. The zero-order valence-electron chi connectivity index (χ0n) is 19.6. The Balaban J connectivity index is 1.37. The molecule has 6 nitrogen and oxygen atoms in total. The first-order valence-corrected chi connectivity index (χ1v) is 12.9. The van der Waals surface area contributed by atoms with Crippen molar-refractivity contribution in [1.29, 1.82) is 0 Å². The number of methoxy groups -OCH3 is 1. The second-order valence-corrected chi connectivity index (χ2v) is 10.6. The van der Waals surface area contributed by atoms with Crippen molar-refractivity contribution >= 4 is 21.6 Å². The fourth-order valence-corrected chi connectivity index (χ4v) is 5.52. The predicted octanol–water partition coefficient (Wildman–Crippen LogP) is 4.62. The summed E-state index contributed by atoms with van der Waals surface area (Å²) in [4.78, 5) is 15.1. The number of nitrogens with zero attached hydrogens (tertiary/aromatic N) is 2. The first-order chi connectivity index (χ1) is 16.4. The maximum atomic E-state index is 13.0. The zero-order valence-corrected chi connectivity index (χ0v) is 20.4. The largest absolute Gasteiger partial charge is 0.497 e. The van der Waals surface area contributed by atoms with Crippen molar-refractivity contribution < 1.29 is 17.9 Å². The van der Waals surface area contributed by atoms with Gasteiger partial charge in [-0.05, 0) is 79.3 Å². The maximum Gasteiger partial charge on any atom is 0.264 e. The van der Waals surface area contributed by atoms with Crippen molar-refractivity contribution in [3.8, 4) is 5.75 Å². The third-order valence-corrected chi connectivity index (χ3v) is 8.26. The zero-order chi connectivity index (χ0) is 24.1. The molecular formula is C27H30N2O4S. The van der Waals surface area contributed by atoms with Crippen molar-refractivity contribution in [2.24, 2.45) is 5.92 Å². The predicted molar refractivity (Wildman–Crippen MR) is 134 cm³/mol. The molecular weight excluding hydrogens is 448 g/mol.